The van der Waals surface area contributed by atoms with Gasteiger partial charge in [0.25, 0.3) is 0 Å². The Bertz CT molecular complexity index is 875. The Kier molecular flexibility index (Phi) is 3.53. The molecular formula is C16H17FN6O. The molecule has 0 bridgehead atoms. The molecule has 0 spiro atoms. The van der Waals surface area contributed by atoms with E-state index in [0.29, 0.717) is 5.65 Å². The molecule has 124 valence electrons. The van der Waals surface area contributed by atoms with Crippen LogP contribution in [0.15, 0.2) is 30.7 Å². The van der Waals surface area contributed by atoms with Crippen LogP contribution in [0.4, 0.5) is 10.2 Å². The molecule has 2 N–H and O–H groups in total. The van der Waals surface area contributed by atoms with Gasteiger partial charge in [-0.15, -0.1) is 5.10 Å². The first-order valence-electron chi connectivity index (χ1n) is 7.81. The zero-order valence-corrected chi connectivity index (χ0v) is 13.1. The second kappa shape index (κ2) is 5.72. The highest BCUT2D eigenvalue weighted by atomic mass is 19.1. The van der Waals surface area contributed by atoms with E-state index in [1.807, 2.05) is 0 Å². The van der Waals surface area contributed by atoms with Gasteiger partial charge in [-0.1, -0.05) is 6.07 Å². The Balaban J connectivity index is 1.86. The molecule has 1 saturated heterocycles. The van der Waals surface area contributed by atoms with E-state index in [4.69, 9.17) is 0 Å². The molecule has 0 unspecified atom stereocenters. The van der Waals surface area contributed by atoms with Crippen molar-refractivity contribution in [3.05, 3.63) is 36.5 Å². The molecule has 24 heavy (non-hydrogen) atoms. The molecular weight excluding hydrogens is 311 g/mol. The lowest BCUT2D eigenvalue weighted by molar-refractivity contribution is 0.462. The van der Waals surface area contributed by atoms with E-state index in [1.54, 1.807) is 6.20 Å². The first kappa shape index (κ1) is 14.8. The van der Waals surface area contributed by atoms with E-state index >= 15 is 0 Å². The van der Waals surface area contributed by atoms with Gasteiger partial charge < -0.3 is 15.3 Å². The molecule has 3 aromatic rings. The molecule has 1 aliphatic heterocycles. The predicted octanol–water partition coefficient (Wildman–Crippen LogP) is 1.46. The number of rotatable bonds is 2. The Morgan fingerprint density at radius 1 is 1.33 bits per heavy atom. The first-order valence-corrected chi connectivity index (χ1v) is 7.81. The number of aromatic hydroxyl groups is 1. The van der Waals surface area contributed by atoms with Crippen LogP contribution in [0.25, 0.3) is 16.7 Å². The maximum absolute atomic E-state index is 14.1. The number of anilines is 1. The molecule has 0 saturated carbocycles. The number of para-hydroxylation sites is 1. The van der Waals surface area contributed by atoms with Gasteiger partial charge in [-0.25, -0.2) is 19.0 Å². The van der Waals surface area contributed by atoms with Gasteiger partial charge in [0.05, 0.1) is 5.39 Å². The quantitative estimate of drug-likeness (QED) is 0.741. The molecule has 3 heterocycles. The smallest absolute Gasteiger partial charge is 0.186 e. The lowest BCUT2D eigenvalue weighted by Crippen LogP contribution is -2.50. The van der Waals surface area contributed by atoms with Gasteiger partial charge in [-0.05, 0) is 19.1 Å². The number of phenols is 1. The molecule has 0 amide bonds. The number of benzene rings is 1. The van der Waals surface area contributed by atoms with Gasteiger partial charge >= 0.3 is 0 Å². The van der Waals surface area contributed by atoms with Gasteiger partial charge in [0, 0.05) is 31.9 Å². The summed E-state index contributed by atoms with van der Waals surface area (Å²) in [5.74, 6) is 0.0526. The number of nitrogens with one attached hydrogen (secondary N) is 1. The lowest BCUT2D eigenvalue weighted by Gasteiger charge is -2.34. The first-order chi connectivity index (χ1) is 11.6. The Morgan fingerprint density at radius 3 is 3.00 bits per heavy atom. The maximum Gasteiger partial charge on any atom is 0.186 e. The van der Waals surface area contributed by atoms with Gasteiger partial charge in [0.15, 0.2) is 11.5 Å². The van der Waals surface area contributed by atoms with Crippen molar-refractivity contribution in [1.82, 2.24) is 25.1 Å². The van der Waals surface area contributed by atoms with Crippen LogP contribution in [-0.2, 0) is 0 Å². The van der Waals surface area contributed by atoms with Crippen molar-refractivity contribution in [1.29, 1.82) is 0 Å². The number of fused-ring (bicyclic) bond motifs is 1. The standard InChI is InChI=1S/C16H17FN6O/c1-10-7-18-5-6-22(10)16-11-8-23(21-15(11)19-9-20-16)14-12(17)3-2-4-13(14)24/h2-4,8-10,18,24H,5-7H2,1H3/t10-/m0/s1. The summed E-state index contributed by atoms with van der Waals surface area (Å²) in [5.41, 5.74) is 0.475. The van der Waals surface area contributed by atoms with E-state index in [0.717, 1.165) is 30.8 Å². The number of halogens is 1. The highest BCUT2D eigenvalue weighted by Gasteiger charge is 2.23. The summed E-state index contributed by atoms with van der Waals surface area (Å²) in [7, 11) is 0. The summed E-state index contributed by atoms with van der Waals surface area (Å²) in [4.78, 5) is 10.8. The van der Waals surface area contributed by atoms with Gasteiger partial charge in [-0.2, -0.15) is 0 Å². The predicted molar refractivity (Wildman–Crippen MR) is 88.0 cm³/mol. The molecule has 1 aliphatic rings. The SMILES string of the molecule is C[C@H]1CNCCN1c1ncnc2nn(-c3c(O)cccc3F)cc12. The highest BCUT2D eigenvalue weighted by molar-refractivity contribution is 5.87. The minimum atomic E-state index is -0.548. The fourth-order valence-electron chi connectivity index (χ4n) is 3.06. The van der Waals surface area contributed by atoms with E-state index in [-0.39, 0.29) is 17.5 Å². The van der Waals surface area contributed by atoms with Crippen molar-refractivity contribution >= 4 is 16.9 Å². The summed E-state index contributed by atoms with van der Waals surface area (Å²) >= 11 is 0. The van der Waals surface area contributed by atoms with E-state index < -0.39 is 5.82 Å². The molecule has 4 rings (SSSR count). The molecule has 1 atom stereocenters. The second-order valence-corrected chi connectivity index (χ2v) is 5.86. The fraction of sp³-hybridized carbons (Fsp3) is 0.312. The molecule has 7 nitrogen and oxygen atoms in total. The van der Waals surface area contributed by atoms with Crippen molar-refractivity contribution < 1.29 is 9.50 Å². The van der Waals surface area contributed by atoms with E-state index in [1.165, 1.54) is 29.2 Å². The number of hydrogen-bond donors (Lipinski definition) is 2. The van der Waals surface area contributed by atoms with Crippen LogP contribution in [0.5, 0.6) is 5.75 Å². The maximum atomic E-state index is 14.1. The third-order valence-corrected chi connectivity index (χ3v) is 4.26. The van der Waals surface area contributed by atoms with Crippen LogP contribution in [0.1, 0.15) is 6.92 Å². The largest absolute Gasteiger partial charge is 0.506 e. The third-order valence-electron chi connectivity index (χ3n) is 4.26. The number of phenolic OH excluding ortho intramolecular Hbond substituents is 1. The van der Waals surface area contributed by atoms with Crippen LogP contribution in [-0.4, -0.2) is 50.5 Å². The van der Waals surface area contributed by atoms with Crippen LogP contribution < -0.4 is 10.2 Å². The Morgan fingerprint density at radius 2 is 2.21 bits per heavy atom. The normalized spacial score (nSPS) is 18.2. The van der Waals surface area contributed by atoms with Crippen molar-refractivity contribution in [2.75, 3.05) is 24.5 Å². The summed E-state index contributed by atoms with van der Waals surface area (Å²) < 4.78 is 15.4. The molecule has 0 aliphatic carbocycles. The summed E-state index contributed by atoms with van der Waals surface area (Å²) in [6.45, 7) is 4.68. The van der Waals surface area contributed by atoms with Crippen molar-refractivity contribution in [2.24, 2.45) is 0 Å². The zero-order valence-electron chi connectivity index (χ0n) is 13.1. The van der Waals surface area contributed by atoms with Gasteiger partial charge in [-0.3, -0.25) is 0 Å². The van der Waals surface area contributed by atoms with Crippen LogP contribution >= 0.6 is 0 Å². The van der Waals surface area contributed by atoms with E-state index in [9.17, 15) is 9.50 Å². The number of aromatic nitrogens is 4. The third kappa shape index (κ3) is 2.35. The summed E-state index contributed by atoms with van der Waals surface area (Å²) in [5, 5.41) is 18.4. The molecule has 8 heteroatoms. The number of hydrogen-bond acceptors (Lipinski definition) is 6. The average molecular weight is 328 g/mol. The van der Waals surface area contributed by atoms with Crippen molar-refractivity contribution in [3.63, 3.8) is 0 Å². The number of nitrogens with zero attached hydrogens (tertiary/aromatic N) is 5. The topological polar surface area (TPSA) is 79.1 Å². The van der Waals surface area contributed by atoms with Crippen LogP contribution in [0, 0.1) is 5.82 Å². The van der Waals surface area contributed by atoms with Crippen LogP contribution in [0.3, 0.4) is 0 Å². The minimum Gasteiger partial charge on any atom is -0.506 e. The molecule has 1 aromatic carbocycles. The van der Waals surface area contributed by atoms with Crippen molar-refractivity contribution in [3.8, 4) is 11.4 Å². The Labute approximate surface area is 137 Å². The minimum absolute atomic E-state index is 0.00908. The summed E-state index contributed by atoms with van der Waals surface area (Å²) in [6.07, 6.45) is 3.13. The van der Waals surface area contributed by atoms with E-state index in [2.05, 4.69) is 32.2 Å². The van der Waals surface area contributed by atoms with Gasteiger partial charge in [0.2, 0.25) is 0 Å². The van der Waals surface area contributed by atoms with Gasteiger partial charge in [0.1, 0.15) is 23.6 Å². The monoisotopic (exact) mass is 328 g/mol. The lowest BCUT2D eigenvalue weighted by atomic mass is 10.2. The number of piperazine rings is 1. The van der Waals surface area contributed by atoms with Crippen molar-refractivity contribution in [2.45, 2.75) is 13.0 Å². The second-order valence-electron chi connectivity index (χ2n) is 5.86. The summed E-state index contributed by atoms with van der Waals surface area (Å²) in [6, 6.07) is 4.44. The molecule has 2 aromatic heterocycles. The van der Waals surface area contributed by atoms with Crippen LogP contribution in [0.2, 0.25) is 0 Å². The highest BCUT2D eigenvalue weighted by Crippen LogP contribution is 2.29. The Hall–Kier alpha value is -2.74. The average Bonchev–Trinajstić information content (AvgIpc) is 2.99. The molecule has 0 radical (unpaired) electrons. The zero-order chi connectivity index (χ0) is 16.7. The molecule has 1 fully saturated rings. The fourth-order valence-corrected chi connectivity index (χ4v) is 3.06.